The highest BCUT2D eigenvalue weighted by Crippen LogP contribution is 1.74. The van der Waals surface area contributed by atoms with Crippen molar-refractivity contribution in [2.24, 2.45) is 5.73 Å². The van der Waals surface area contributed by atoms with Crippen molar-refractivity contribution in [1.29, 1.82) is 0 Å². The van der Waals surface area contributed by atoms with E-state index in [1.165, 1.54) is 0 Å². The first-order valence-corrected chi connectivity index (χ1v) is 6.42. The molecule has 0 spiro atoms. The van der Waals surface area contributed by atoms with Gasteiger partial charge in [0.05, 0.1) is 0 Å². The van der Waals surface area contributed by atoms with Gasteiger partial charge >= 0.3 is 0 Å². The molecule has 16 heavy (non-hydrogen) atoms. The molecule has 6 N–H and O–H groups in total. The van der Waals surface area contributed by atoms with Crippen molar-refractivity contribution in [3.8, 4) is 0 Å². The van der Waals surface area contributed by atoms with Crippen LogP contribution in [-0.2, 0) is 0 Å². The van der Waals surface area contributed by atoms with Gasteiger partial charge < -0.3 is 27.0 Å². The lowest BCUT2D eigenvalue weighted by molar-refractivity contribution is 0.582. The highest BCUT2D eigenvalue weighted by Gasteiger charge is 1.89. The van der Waals surface area contributed by atoms with E-state index in [0.717, 1.165) is 45.8 Å². The molecule has 0 saturated carbocycles. The van der Waals surface area contributed by atoms with Crippen LogP contribution < -0.4 is 27.0 Å². The van der Waals surface area contributed by atoms with Crippen molar-refractivity contribution in [3.05, 3.63) is 0 Å². The van der Waals surface area contributed by atoms with Crippen LogP contribution in [0.4, 0.5) is 0 Å². The molecule has 0 aliphatic carbocycles. The zero-order valence-electron chi connectivity index (χ0n) is 9.59. The maximum absolute atomic E-state index is 5.35. The Hall–Kier alpha value is 0.0800. The first-order chi connectivity index (χ1) is 7.77. The lowest BCUT2D eigenvalue weighted by atomic mass is 10.5. The molecule has 0 fully saturated rings. The van der Waals surface area contributed by atoms with Gasteiger partial charge in [0.25, 0.3) is 0 Å². The minimum absolute atomic E-state index is 0.547. The molecule has 0 heterocycles. The molecule has 0 atom stereocenters. The van der Waals surface area contributed by atoms with Crippen LogP contribution in [0.2, 0.25) is 0 Å². The maximum Gasteiger partial charge on any atom is 0.130 e. The SMILES string of the molecule is NCCNCCNCCNCCNC(=S)S. The molecule has 0 aliphatic heterocycles. The van der Waals surface area contributed by atoms with Gasteiger partial charge in [-0.2, -0.15) is 0 Å². The van der Waals surface area contributed by atoms with Crippen LogP contribution in [0.25, 0.3) is 0 Å². The number of hydrogen-bond acceptors (Lipinski definition) is 5. The summed E-state index contributed by atoms with van der Waals surface area (Å²) in [5.74, 6) is 0. The molecule has 96 valence electrons. The van der Waals surface area contributed by atoms with Crippen molar-refractivity contribution in [3.63, 3.8) is 0 Å². The van der Waals surface area contributed by atoms with Gasteiger partial charge in [-0.3, -0.25) is 0 Å². The Morgan fingerprint density at radius 2 is 1.31 bits per heavy atom. The van der Waals surface area contributed by atoms with Crippen molar-refractivity contribution in [1.82, 2.24) is 21.3 Å². The Morgan fingerprint density at radius 3 is 1.75 bits per heavy atom. The third kappa shape index (κ3) is 14.1. The van der Waals surface area contributed by atoms with Crippen LogP contribution in [0.5, 0.6) is 0 Å². The number of thiocarbonyl (C=S) groups is 1. The van der Waals surface area contributed by atoms with E-state index in [4.69, 9.17) is 18.0 Å². The number of hydrogen-bond donors (Lipinski definition) is 6. The second-order valence-electron chi connectivity index (χ2n) is 3.27. The van der Waals surface area contributed by atoms with E-state index in [0.29, 0.717) is 10.9 Å². The number of rotatable bonds is 11. The zero-order valence-corrected chi connectivity index (χ0v) is 11.3. The summed E-state index contributed by atoms with van der Waals surface area (Å²) in [5.41, 5.74) is 5.35. The highest BCUT2D eigenvalue weighted by molar-refractivity contribution is 8.11. The van der Waals surface area contributed by atoms with E-state index in [9.17, 15) is 0 Å². The van der Waals surface area contributed by atoms with Gasteiger partial charge in [-0.15, -0.1) is 12.6 Å². The number of thiol groups is 1. The Kier molecular flexibility index (Phi) is 13.2. The fourth-order valence-corrected chi connectivity index (χ4v) is 1.30. The standard InChI is InChI=1S/C9H23N5S2/c10-1-2-11-3-4-12-5-6-13-7-8-14-9(15)16/h11-13H,1-8,10H2,(H2,14,15,16). The van der Waals surface area contributed by atoms with E-state index in [1.54, 1.807) is 0 Å². The molecule has 0 aromatic carbocycles. The fraction of sp³-hybridized carbons (Fsp3) is 0.889. The summed E-state index contributed by atoms with van der Waals surface area (Å²) in [6, 6.07) is 0. The summed E-state index contributed by atoms with van der Waals surface area (Å²) in [6.45, 7) is 7.16. The molecular formula is C9H23N5S2. The molecule has 0 saturated heterocycles. The smallest absolute Gasteiger partial charge is 0.130 e. The van der Waals surface area contributed by atoms with Crippen molar-refractivity contribution in [2.75, 3.05) is 52.4 Å². The number of nitrogens with one attached hydrogen (secondary N) is 4. The van der Waals surface area contributed by atoms with Gasteiger partial charge in [0.1, 0.15) is 4.32 Å². The summed E-state index contributed by atoms with van der Waals surface area (Å²) >= 11 is 8.72. The third-order valence-electron chi connectivity index (χ3n) is 1.86. The Morgan fingerprint density at radius 1 is 0.875 bits per heavy atom. The average Bonchev–Trinajstić information content (AvgIpc) is 2.25. The van der Waals surface area contributed by atoms with Crippen LogP contribution in [0.1, 0.15) is 0 Å². The topological polar surface area (TPSA) is 74.1 Å². The monoisotopic (exact) mass is 265 g/mol. The quantitative estimate of drug-likeness (QED) is 0.155. The van der Waals surface area contributed by atoms with Crippen molar-refractivity contribution >= 4 is 29.2 Å². The van der Waals surface area contributed by atoms with Crippen molar-refractivity contribution in [2.45, 2.75) is 0 Å². The summed E-state index contributed by atoms with van der Waals surface area (Å²) in [6.07, 6.45) is 0. The average molecular weight is 265 g/mol. The third-order valence-corrected chi connectivity index (χ3v) is 2.16. The van der Waals surface area contributed by atoms with Gasteiger partial charge in [-0.1, -0.05) is 12.2 Å². The molecule has 0 rings (SSSR count). The van der Waals surface area contributed by atoms with E-state index in [2.05, 4.69) is 33.9 Å². The summed E-state index contributed by atoms with van der Waals surface area (Å²) in [7, 11) is 0. The predicted octanol–water partition coefficient (Wildman–Crippen LogP) is -1.48. The van der Waals surface area contributed by atoms with Crippen LogP contribution in [0, 0.1) is 0 Å². The molecule has 7 heteroatoms. The minimum Gasteiger partial charge on any atom is -0.370 e. The van der Waals surface area contributed by atoms with Crippen molar-refractivity contribution < 1.29 is 0 Å². The lowest BCUT2D eigenvalue weighted by Crippen LogP contribution is -2.36. The van der Waals surface area contributed by atoms with E-state index < -0.39 is 0 Å². The molecule has 0 aromatic heterocycles. The molecule has 5 nitrogen and oxygen atoms in total. The number of nitrogens with two attached hydrogens (primary N) is 1. The Labute approximate surface area is 109 Å². The van der Waals surface area contributed by atoms with Gasteiger partial charge in [0, 0.05) is 52.4 Å². The second kappa shape index (κ2) is 13.1. The van der Waals surface area contributed by atoms with Gasteiger partial charge in [0.15, 0.2) is 0 Å². The molecule has 0 bridgehead atoms. The van der Waals surface area contributed by atoms with E-state index in [-0.39, 0.29) is 0 Å². The summed E-state index contributed by atoms with van der Waals surface area (Å²) < 4.78 is 0.547. The Balaban J connectivity index is 2.90. The Bertz CT molecular complexity index is 168. The second-order valence-corrected chi connectivity index (χ2v) is 4.43. The first kappa shape index (κ1) is 16.1. The van der Waals surface area contributed by atoms with Gasteiger partial charge in [-0.05, 0) is 0 Å². The molecule has 0 aromatic rings. The summed E-state index contributed by atoms with van der Waals surface area (Å²) in [4.78, 5) is 0. The normalized spacial score (nSPS) is 10.4. The fourth-order valence-electron chi connectivity index (χ4n) is 1.09. The van der Waals surface area contributed by atoms with E-state index in [1.807, 2.05) is 0 Å². The molecule has 0 unspecified atom stereocenters. The van der Waals surface area contributed by atoms with Crippen LogP contribution in [-0.4, -0.2) is 56.7 Å². The van der Waals surface area contributed by atoms with Crippen LogP contribution in [0.3, 0.4) is 0 Å². The minimum atomic E-state index is 0.547. The summed E-state index contributed by atoms with van der Waals surface area (Å²) in [5, 5.41) is 12.8. The first-order valence-electron chi connectivity index (χ1n) is 5.56. The van der Waals surface area contributed by atoms with Gasteiger partial charge in [0.2, 0.25) is 0 Å². The molecular weight excluding hydrogens is 242 g/mol. The zero-order chi connectivity index (χ0) is 12.1. The molecule has 0 aliphatic rings. The molecule has 0 amide bonds. The predicted molar refractivity (Wildman–Crippen MR) is 77.3 cm³/mol. The highest BCUT2D eigenvalue weighted by atomic mass is 32.1. The lowest BCUT2D eigenvalue weighted by Gasteiger charge is -2.07. The van der Waals surface area contributed by atoms with E-state index >= 15 is 0 Å². The van der Waals surface area contributed by atoms with Crippen LogP contribution in [0.15, 0.2) is 0 Å². The maximum atomic E-state index is 5.35. The molecule has 0 radical (unpaired) electrons. The largest absolute Gasteiger partial charge is 0.370 e. The van der Waals surface area contributed by atoms with Crippen LogP contribution >= 0.6 is 24.8 Å². The van der Waals surface area contributed by atoms with Gasteiger partial charge in [-0.25, -0.2) is 0 Å².